The smallest absolute Gasteiger partial charge is 0.262 e. The van der Waals surface area contributed by atoms with Gasteiger partial charge in [0.25, 0.3) is 10.0 Å². The predicted molar refractivity (Wildman–Crippen MR) is 70.1 cm³/mol. The SMILES string of the molecule is Cc1cc(F)cc(S(=O)(=O)Nc2cccc(O)c2)c1. The Hall–Kier alpha value is -2.08. The zero-order valence-electron chi connectivity index (χ0n) is 10.1. The van der Waals surface area contributed by atoms with Gasteiger partial charge >= 0.3 is 0 Å². The quantitative estimate of drug-likeness (QED) is 0.909. The average molecular weight is 281 g/mol. The highest BCUT2D eigenvalue weighted by Crippen LogP contribution is 2.21. The van der Waals surface area contributed by atoms with E-state index in [1.54, 1.807) is 6.92 Å². The molecule has 2 N–H and O–H groups in total. The maximum absolute atomic E-state index is 13.2. The first kappa shape index (κ1) is 13.4. The molecule has 0 aliphatic heterocycles. The summed E-state index contributed by atoms with van der Waals surface area (Å²) in [5, 5.41) is 9.27. The number of phenolic OH excluding ortho intramolecular Hbond substituents is 1. The van der Waals surface area contributed by atoms with Gasteiger partial charge in [0.1, 0.15) is 11.6 Å². The Balaban J connectivity index is 2.37. The molecule has 2 aromatic rings. The van der Waals surface area contributed by atoms with E-state index in [0.29, 0.717) is 5.56 Å². The van der Waals surface area contributed by atoms with Gasteiger partial charge in [-0.05, 0) is 42.8 Å². The summed E-state index contributed by atoms with van der Waals surface area (Å²) < 4.78 is 39.6. The normalized spacial score (nSPS) is 11.3. The Kier molecular flexibility index (Phi) is 3.44. The van der Waals surface area contributed by atoms with Crippen molar-refractivity contribution in [1.29, 1.82) is 0 Å². The van der Waals surface area contributed by atoms with Crippen LogP contribution in [0.5, 0.6) is 5.75 Å². The lowest BCUT2D eigenvalue weighted by atomic mass is 10.2. The second kappa shape index (κ2) is 4.89. The summed E-state index contributed by atoms with van der Waals surface area (Å²) in [6.07, 6.45) is 0. The zero-order chi connectivity index (χ0) is 14.0. The zero-order valence-corrected chi connectivity index (χ0v) is 10.9. The van der Waals surface area contributed by atoms with Crippen molar-refractivity contribution < 1.29 is 17.9 Å². The van der Waals surface area contributed by atoms with E-state index in [9.17, 15) is 17.9 Å². The van der Waals surface area contributed by atoms with Crippen LogP contribution in [0.15, 0.2) is 47.4 Å². The van der Waals surface area contributed by atoms with Crippen LogP contribution in [0.1, 0.15) is 5.56 Å². The van der Waals surface area contributed by atoms with E-state index in [-0.39, 0.29) is 16.3 Å². The third-order valence-electron chi connectivity index (χ3n) is 2.42. The number of hydrogen-bond donors (Lipinski definition) is 2. The average Bonchev–Trinajstić information content (AvgIpc) is 2.26. The lowest BCUT2D eigenvalue weighted by Crippen LogP contribution is -2.13. The van der Waals surface area contributed by atoms with Gasteiger partial charge in [-0.15, -0.1) is 0 Å². The molecule has 2 aromatic carbocycles. The van der Waals surface area contributed by atoms with E-state index in [1.807, 2.05) is 0 Å². The summed E-state index contributed by atoms with van der Waals surface area (Å²) in [6.45, 7) is 1.61. The fourth-order valence-electron chi connectivity index (χ4n) is 1.64. The second-order valence-corrected chi connectivity index (χ2v) is 5.80. The fraction of sp³-hybridized carbons (Fsp3) is 0.0769. The van der Waals surface area contributed by atoms with Gasteiger partial charge in [-0.2, -0.15) is 0 Å². The first-order chi connectivity index (χ1) is 8.87. The molecule has 0 saturated heterocycles. The van der Waals surface area contributed by atoms with Crippen LogP contribution in [0.2, 0.25) is 0 Å². The number of halogens is 1. The van der Waals surface area contributed by atoms with E-state index >= 15 is 0 Å². The Morgan fingerprint density at radius 2 is 1.89 bits per heavy atom. The van der Waals surface area contributed by atoms with Gasteiger partial charge in [0, 0.05) is 6.07 Å². The summed E-state index contributed by atoms with van der Waals surface area (Å²) in [7, 11) is -3.88. The summed E-state index contributed by atoms with van der Waals surface area (Å²) in [4.78, 5) is -0.159. The number of hydrogen-bond acceptors (Lipinski definition) is 3. The van der Waals surface area contributed by atoms with Gasteiger partial charge in [0.05, 0.1) is 10.6 Å². The minimum absolute atomic E-state index is 0.0596. The molecule has 6 heteroatoms. The number of benzene rings is 2. The summed E-state index contributed by atoms with van der Waals surface area (Å²) in [5.74, 6) is -0.674. The molecule has 0 radical (unpaired) electrons. The molecule has 0 aliphatic rings. The Morgan fingerprint density at radius 3 is 2.53 bits per heavy atom. The third kappa shape index (κ3) is 3.23. The molecule has 0 aromatic heterocycles. The van der Waals surface area contributed by atoms with Crippen LogP contribution in [0.3, 0.4) is 0 Å². The van der Waals surface area contributed by atoms with Crippen LogP contribution >= 0.6 is 0 Å². The standard InChI is InChI=1S/C13H12FNO3S/c1-9-5-10(14)7-13(6-9)19(17,18)15-11-3-2-4-12(16)8-11/h2-8,15-16H,1H3. The Labute approximate surface area is 110 Å². The molecular formula is C13H12FNO3S. The van der Waals surface area contributed by atoms with Crippen molar-refractivity contribution >= 4 is 15.7 Å². The first-order valence-electron chi connectivity index (χ1n) is 5.46. The summed E-state index contributed by atoms with van der Waals surface area (Å²) in [6, 6.07) is 9.24. The molecule has 100 valence electrons. The number of anilines is 1. The molecule has 0 fully saturated rings. The topological polar surface area (TPSA) is 66.4 Å². The fourth-order valence-corrected chi connectivity index (χ4v) is 2.81. The maximum Gasteiger partial charge on any atom is 0.262 e. The molecule has 0 aliphatic carbocycles. The van der Waals surface area contributed by atoms with Crippen LogP contribution in [0.25, 0.3) is 0 Å². The highest BCUT2D eigenvalue weighted by Gasteiger charge is 2.15. The van der Waals surface area contributed by atoms with Crippen molar-refractivity contribution in [1.82, 2.24) is 0 Å². The van der Waals surface area contributed by atoms with Gasteiger partial charge < -0.3 is 5.11 Å². The molecule has 4 nitrogen and oxygen atoms in total. The van der Waals surface area contributed by atoms with Gasteiger partial charge in [0.2, 0.25) is 0 Å². The number of rotatable bonds is 3. The van der Waals surface area contributed by atoms with Crippen molar-refractivity contribution in [2.75, 3.05) is 4.72 Å². The predicted octanol–water partition coefficient (Wildman–Crippen LogP) is 2.64. The van der Waals surface area contributed by atoms with E-state index in [1.165, 1.54) is 36.4 Å². The minimum Gasteiger partial charge on any atom is -0.508 e. The van der Waals surface area contributed by atoms with Crippen LogP contribution in [0.4, 0.5) is 10.1 Å². The molecule has 0 saturated carbocycles. The molecule has 0 amide bonds. The summed E-state index contributed by atoms with van der Waals surface area (Å²) in [5.41, 5.74) is 0.721. The Bertz CT molecular complexity index is 693. The third-order valence-corrected chi connectivity index (χ3v) is 3.79. The number of aryl methyl sites for hydroxylation is 1. The molecule has 0 bridgehead atoms. The highest BCUT2D eigenvalue weighted by atomic mass is 32.2. The van der Waals surface area contributed by atoms with Gasteiger partial charge in [-0.1, -0.05) is 6.07 Å². The minimum atomic E-state index is -3.88. The molecular weight excluding hydrogens is 269 g/mol. The van der Waals surface area contributed by atoms with Crippen LogP contribution in [-0.2, 0) is 10.0 Å². The molecule has 0 spiro atoms. The van der Waals surface area contributed by atoms with Crippen LogP contribution < -0.4 is 4.72 Å². The van der Waals surface area contributed by atoms with Crippen molar-refractivity contribution in [3.8, 4) is 5.75 Å². The summed E-state index contributed by atoms with van der Waals surface area (Å²) >= 11 is 0. The van der Waals surface area contributed by atoms with Crippen LogP contribution in [-0.4, -0.2) is 13.5 Å². The highest BCUT2D eigenvalue weighted by molar-refractivity contribution is 7.92. The van der Waals surface area contributed by atoms with Crippen molar-refractivity contribution in [3.63, 3.8) is 0 Å². The molecule has 0 heterocycles. The van der Waals surface area contributed by atoms with Gasteiger partial charge in [-0.3, -0.25) is 4.72 Å². The molecule has 19 heavy (non-hydrogen) atoms. The van der Waals surface area contributed by atoms with E-state index in [4.69, 9.17) is 0 Å². The monoisotopic (exact) mass is 281 g/mol. The molecule has 0 atom stereocenters. The molecule has 0 unspecified atom stereocenters. The first-order valence-corrected chi connectivity index (χ1v) is 6.94. The molecule has 2 rings (SSSR count). The van der Waals surface area contributed by atoms with Crippen LogP contribution in [0, 0.1) is 12.7 Å². The number of phenols is 1. The number of sulfonamides is 1. The van der Waals surface area contributed by atoms with Crippen molar-refractivity contribution in [2.24, 2.45) is 0 Å². The van der Waals surface area contributed by atoms with E-state index in [2.05, 4.69) is 4.72 Å². The van der Waals surface area contributed by atoms with Crippen molar-refractivity contribution in [2.45, 2.75) is 11.8 Å². The lowest BCUT2D eigenvalue weighted by molar-refractivity contribution is 0.475. The largest absolute Gasteiger partial charge is 0.508 e. The van der Waals surface area contributed by atoms with E-state index < -0.39 is 15.8 Å². The Morgan fingerprint density at radius 1 is 1.16 bits per heavy atom. The lowest BCUT2D eigenvalue weighted by Gasteiger charge is -2.09. The van der Waals surface area contributed by atoms with E-state index in [0.717, 1.165) is 6.07 Å². The number of aromatic hydroxyl groups is 1. The van der Waals surface area contributed by atoms with Gasteiger partial charge in [-0.25, -0.2) is 12.8 Å². The second-order valence-electron chi connectivity index (χ2n) is 4.12. The van der Waals surface area contributed by atoms with Crippen molar-refractivity contribution in [3.05, 3.63) is 53.8 Å². The number of nitrogens with one attached hydrogen (secondary N) is 1. The maximum atomic E-state index is 13.2. The van der Waals surface area contributed by atoms with Gasteiger partial charge in [0.15, 0.2) is 0 Å².